The summed E-state index contributed by atoms with van der Waals surface area (Å²) in [7, 11) is 1.64. The minimum atomic E-state index is 0.649. The van der Waals surface area contributed by atoms with Gasteiger partial charge in [-0.25, -0.2) is 4.98 Å². The van der Waals surface area contributed by atoms with Crippen LogP contribution in [0.2, 0.25) is 0 Å². The molecule has 0 saturated carbocycles. The van der Waals surface area contributed by atoms with Gasteiger partial charge in [0.05, 0.1) is 7.11 Å². The number of alkyl halides is 1. The van der Waals surface area contributed by atoms with Crippen LogP contribution in [0.3, 0.4) is 0 Å². The number of anilines is 1. The molecule has 1 unspecified atom stereocenters. The number of halogens is 1. The van der Waals surface area contributed by atoms with E-state index in [4.69, 9.17) is 4.74 Å². The normalized spacial score (nSPS) is 19.7. The summed E-state index contributed by atoms with van der Waals surface area (Å²) in [6.07, 6.45) is 2.45. The van der Waals surface area contributed by atoms with Gasteiger partial charge in [-0.3, -0.25) is 0 Å². The van der Waals surface area contributed by atoms with E-state index in [2.05, 4.69) is 30.8 Å². The number of aryl methyl sites for hydroxylation is 1. The third kappa shape index (κ3) is 3.09. The molecule has 0 amide bonds. The Morgan fingerprint density at radius 1 is 1.53 bits per heavy atom. The fourth-order valence-electron chi connectivity index (χ4n) is 2.17. The standard InChI is InChI=1S/C12H18BrN3O/c1-9-7-11(17-2)15-12(14-9)16-6-4-10(8-16)3-5-13/h7,10H,3-6,8H2,1-2H3. The maximum Gasteiger partial charge on any atom is 0.228 e. The molecule has 0 aliphatic carbocycles. The van der Waals surface area contributed by atoms with E-state index in [0.29, 0.717) is 5.88 Å². The van der Waals surface area contributed by atoms with Gasteiger partial charge in [0.1, 0.15) is 0 Å². The van der Waals surface area contributed by atoms with Crippen LogP contribution in [0, 0.1) is 12.8 Å². The van der Waals surface area contributed by atoms with Crippen molar-refractivity contribution < 1.29 is 4.74 Å². The van der Waals surface area contributed by atoms with E-state index in [1.807, 2.05) is 13.0 Å². The number of methoxy groups -OCH3 is 1. The molecule has 1 saturated heterocycles. The second-order valence-electron chi connectivity index (χ2n) is 4.43. The summed E-state index contributed by atoms with van der Waals surface area (Å²) < 4.78 is 5.18. The van der Waals surface area contributed by atoms with Gasteiger partial charge in [-0.1, -0.05) is 15.9 Å². The summed E-state index contributed by atoms with van der Waals surface area (Å²) in [5.74, 6) is 2.21. The quantitative estimate of drug-likeness (QED) is 0.800. The maximum absolute atomic E-state index is 5.18. The molecular formula is C12H18BrN3O. The topological polar surface area (TPSA) is 38.2 Å². The molecule has 5 heteroatoms. The van der Waals surface area contributed by atoms with Crippen molar-refractivity contribution in [3.05, 3.63) is 11.8 Å². The number of rotatable bonds is 4. The van der Waals surface area contributed by atoms with Gasteiger partial charge in [-0.2, -0.15) is 4.98 Å². The fraction of sp³-hybridized carbons (Fsp3) is 0.667. The van der Waals surface area contributed by atoms with Gasteiger partial charge in [0.2, 0.25) is 11.8 Å². The molecule has 0 spiro atoms. The number of aromatic nitrogens is 2. The summed E-state index contributed by atoms with van der Waals surface area (Å²) in [5, 5.41) is 1.07. The van der Waals surface area contributed by atoms with Gasteiger partial charge in [-0.15, -0.1) is 0 Å². The van der Waals surface area contributed by atoms with Gasteiger partial charge >= 0.3 is 0 Å². The highest BCUT2D eigenvalue weighted by atomic mass is 79.9. The molecule has 17 heavy (non-hydrogen) atoms. The highest BCUT2D eigenvalue weighted by Crippen LogP contribution is 2.25. The Hall–Kier alpha value is -0.840. The summed E-state index contributed by atoms with van der Waals surface area (Å²) in [6.45, 7) is 4.07. The lowest BCUT2D eigenvalue weighted by Crippen LogP contribution is -2.22. The molecule has 1 atom stereocenters. The number of hydrogen-bond acceptors (Lipinski definition) is 4. The van der Waals surface area contributed by atoms with Crippen LogP contribution in [0.25, 0.3) is 0 Å². The lowest BCUT2D eigenvalue weighted by molar-refractivity contribution is 0.396. The average Bonchev–Trinajstić information content (AvgIpc) is 2.77. The molecule has 2 heterocycles. The third-order valence-electron chi connectivity index (χ3n) is 3.11. The predicted molar refractivity (Wildman–Crippen MR) is 72.1 cm³/mol. The van der Waals surface area contributed by atoms with E-state index in [0.717, 1.165) is 36.0 Å². The minimum Gasteiger partial charge on any atom is -0.481 e. The minimum absolute atomic E-state index is 0.649. The Kier molecular flexibility index (Phi) is 4.20. The van der Waals surface area contributed by atoms with E-state index in [9.17, 15) is 0 Å². The molecule has 0 N–H and O–H groups in total. The second-order valence-corrected chi connectivity index (χ2v) is 5.22. The zero-order chi connectivity index (χ0) is 12.3. The molecule has 1 aromatic rings. The highest BCUT2D eigenvalue weighted by Gasteiger charge is 2.24. The molecule has 0 radical (unpaired) electrons. The van der Waals surface area contributed by atoms with Crippen molar-refractivity contribution in [2.75, 3.05) is 30.4 Å². The number of hydrogen-bond donors (Lipinski definition) is 0. The lowest BCUT2D eigenvalue weighted by atomic mass is 10.1. The predicted octanol–water partition coefficient (Wildman–Crippen LogP) is 2.40. The van der Waals surface area contributed by atoms with Gasteiger partial charge in [0, 0.05) is 30.2 Å². The van der Waals surface area contributed by atoms with Crippen molar-refractivity contribution in [3.8, 4) is 5.88 Å². The lowest BCUT2D eigenvalue weighted by Gasteiger charge is -2.17. The number of nitrogens with zero attached hydrogens (tertiary/aromatic N) is 3. The average molecular weight is 300 g/mol. The highest BCUT2D eigenvalue weighted by molar-refractivity contribution is 9.09. The summed E-state index contributed by atoms with van der Waals surface area (Å²) in [6, 6.07) is 1.86. The Balaban J connectivity index is 2.10. The van der Waals surface area contributed by atoms with E-state index >= 15 is 0 Å². The molecule has 1 fully saturated rings. The number of ether oxygens (including phenoxy) is 1. The second kappa shape index (κ2) is 5.67. The van der Waals surface area contributed by atoms with Crippen LogP contribution < -0.4 is 9.64 Å². The van der Waals surface area contributed by atoms with E-state index in [-0.39, 0.29) is 0 Å². The van der Waals surface area contributed by atoms with Crippen molar-refractivity contribution in [2.45, 2.75) is 19.8 Å². The van der Waals surface area contributed by atoms with E-state index in [1.165, 1.54) is 12.8 Å². The molecule has 2 rings (SSSR count). The first-order valence-electron chi connectivity index (χ1n) is 5.93. The molecule has 4 nitrogen and oxygen atoms in total. The van der Waals surface area contributed by atoms with Crippen LogP contribution in [0.15, 0.2) is 6.07 Å². The van der Waals surface area contributed by atoms with E-state index in [1.54, 1.807) is 7.11 Å². The van der Waals surface area contributed by atoms with Gasteiger partial charge < -0.3 is 9.64 Å². The molecule has 94 valence electrons. The largest absolute Gasteiger partial charge is 0.481 e. The molecular weight excluding hydrogens is 282 g/mol. The summed E-state index contributed by atoms with van der Waals surface area (Å²) in [5.41, 5.74) is 0.954. The van der Waals surface area contributed by atoms with Crippen LogP contribution in [0.1, 0.15) is 18.5 Å². The summed E-state index contributed by atoms with van der Waals surface area (Å²) in [4.78, 5) is 11.1. The fourth-order valence-corrected chi connectivity index (χ4v) is 2.82. The van der Waals surface area contributed by atoms with Crippen LogP contribution in [0.5, 0.6) is 5.88 Å². The maximum atomic E-state index is 5.18. The van der Waals surface area contributed by atoms with Crippen LogP contribution in [0.4, 0.5) is 5.95 Å². The van der Waals surface area contributed by atoms with Gasteiger partial charge in [-0.05, 0) is 25.7 Å². The first-order valence-corrected chi connectivity index (χ1v) is 7.05. The third-order valence-corrected chi connectivity index (χ3v) is 3.57. The van der Waals surface area contributed by atoms with Crippen LogP contribution in [-0.4, -0.2) is 35.5 Å². The SMILES string of the molecule is COc1cc(C)nc(N2CCC(CCBr)C2)n1. The molecule has 0 aromatic carbocycles. The van der Waals surface area contributed by atoms with E-state index < -0.39 is 0 Å². The van der Waals surface area contributed by atoms with Gasteiger partial charge in [0.15, 0.2) is 0 Å². The first-order chi connectivity index (χ1) is 8.22. The zero-order valence-electron chi connectivity index (χ0n) is 10.3. The van der Waals surface area contributed by atoms with Crippen molar-refractivity contribution in [2.24, 2.45) is 5.92 Å². The monoisotopic (exact) mass is 299 g/mol. The van der Waals surface area contributed by atoms with Crippen LogP contribution >= 0.6 is 15.9 Å². The molecule has 0 bridgehead atoms. The van der Waals surface area contributed by atoms with Gasteiger partial charge in [0.25, 0.3) is 0 Å². The zero-order valence-corrected chi connectivity index (χ0v) is 11.9. The first kappa shape index (κ1) is 12.6. The smallest absolute Gasteiger partial charge is 0.228 e. The van der Waals surface area contributed by atoms with Crippen LogP contribution in [-0.2, 0) is 0 Å². The molecule has 1 aliphatic rings. The van der Waals surface area contributed by atoms with Crippen molar-refractivity contribution >= 4 is 21.9 Å². The van der Waals surface area contributed by atoms with Crippen molar-refractivity contribution in [1.82, 2.24) is 9.97 Å². The molecule has 1 aromatic heterocycles. The summed E-state index contributed by atoms with van der Waals surface area (Å²) >= 11 is 3.50. The Labute approximate surface area is 111 Å². The van der Waals surface area contributed by atoms with Crippen molar-refractivity contribution in [3.63, 3.8) is 0 Å². The Bertz CT molecular complexity index is 386. The molecule has 1 aliphatic heterocycles. The Morgan fingerprint density at radius 2 is 2.35 bits per heavy atom. The Morgan fingerprint density at radius 3 is 3.06 bits per heavy atom. The van der Waals surface area contributed by atoms with Crippen molar-refractivity contribution in [1.29, 1.82) is 0 Å².